The highest BCUT2D eigenvalue weighted by Gasteiger charge is 2.37. The van der Waals surface area contributed by atoms with Gasteiger partial charge in [-0.15, -0.1) is 0 Å². The Morgan fingerprint density at radius 3 is 2.47 bits per heavy atom. The van der Waals surface area contributed by atoms with Gasteiger partial charge in [0.15, 0.2) is 0 Å². The van der Waals surface area contributed by atoms with Crippen molar-refractivity contribution in [2.45, 2.75) is 26.2 Å². The fourth-order valence-corrected chi connectivity index (χ4v) is 3.54. The summed E-state index contributed by atoms with van der Waals surface area (Å²) in [5.41, 5.74) is 2.62. The smallest absolute Gasteiger partial charge is 0.331 e. The highest BCUT2D eigenvalue weighted by atomic mass is 79.9. The molecule has 1 aliphatic heterocycles. The molecule has 0 saturated carbocycles. The summed E-state index contributed by atoms with van der Waals surface area (Å²) in [5, 5.41) is 24.5. The molecule has 0 fully saturated rings. The van der Waals surface area contributed by atoms with E-state index in [-0.39, 0.29) is 17.9 Å². The van der Waals surface area contributed by atoms with E-state index < -0.39 is 11.9 Å². The van der Waals surface area contributed by atoms with Crippen LogP contribution in [0.25, 0.3) is 6.08 Å². The normalized spacial score (nSPS) is 16.4. The predicted molar refractivity (Wildman–Crippen MR) is 119 cm³/mol. The minimum atomic E-state index is -1.08. The van der Waals surface area contributed by atoms with E-state index >= 15 is 0 Å². The van der Waals surface area contributed by atoms with E-state index in [0.717, 1.165) is 10.9 Å². The number of carboxylic acids is 1. The number of hydrogen-bond donors (Lipinski definition) is 1. The third kappa shape index (κ3) is 4.84. The Bertz CT molecular complexity index is 1050. The van der Waals surface area contributed by atoms with Gasteiger partial charge in [0.1, 0.15) is 0 Å². The zero-order valence-electron chi connectivity index (χ0n) is 16.4. The van der Waals surface area contributed by atoms with Crippen molar-refractivity contribution in [3.05, 3.63) is 69.7 Å². The molecule has 0 saturated heterocycles. The number of hydrogen-bond acceptors (Lipinski definition) is 4. The van der Waals surface area contributed by atoms with Gasteiger partial charge in [0.25, 0.3) is 5.91 Å². The number of rotatable bonds is 7. The molecule has 2 aromatic rings. The maximum Gasteiger partial charge on any atom is 0.331 e. The Labute approximate surface area is 183 Å². The summed E-state index contributed by atoms with van der Waals surface area (Å²) in [7, 11) is 0. The lowest BCUT2D eigenvalue weighted by molar-refractivity contribution is -0.132. The first-order valence-electron chi connectivity index (χ1n) is 9.54. The van der Waals surface area contributed by atoms with Crippen molar-refractivity contribution >= 4 is 45.3 Å². The van der Waals surface area contributed by atoms with Gasteiger partial charge in [-0.05, 0) is 60.9 Å². The molecular weight excluding hydrogens is 446 g/mol. The molecule has 0 spiro atoms. The molecular formula is C23H20BrN3O3. The third-order valence-electron chi connectivity index (χ3n) is 4.79. The lowest BCUT2D eigenvalue weighted by Gasteiger charge is -2.15. The molecule has 0 aliphatic carbocycles. The molecule has 1 atom stereocenters. The maximum absolute atomic E-state index is 13.1. The van der Waals surface area contributed by atoms with Crippen LogP contribution in [0.5, 0.6) is 0 Å². The minimum absolute atomic E-state index is 0.0556. The number of carboxylic acid groups (broad SMARTS) is 1. The molecule has 2 aromatic carbocycles. The van der Waals surface area contributed by atoms with Gasteiger partial charge in [0.2, 0.25) is 0 Å². The zero-order chi connectivity index (χ0) is 21.7. The van der Waals surface area contributed by atoms with Gasteiger partial charge >= 0.3 is 5.97 Å². The summed E-state index contributed by atoms with van der Waals surface area (Å²) in [5.74, 6) is -1.92. The van der Waals surface area contributed by atoms with Crippen LogP contribution >= 0.6 is 15.9 Å². The van der Waals surface area contributed by atoms with Gasteiger partial charge in [-0.1, -0.05) is 41.4 Å². The van der Waals surface area contributed by atoms with E-state index in [9.17, 15) is 14.7 Å². The molecule has 0 aromatic heterocycles. The lowest BCUT2D eigenvalue weighted by atomic mass is 9.91. The van der Waals surface area contributed by atoms with Gasteiger partial charge in [0.05, 0.1) is 28.9 Å². The number of nitrogens with zero attached hydrogens (tertiary/aromatic N) is 3. The van der Waals surface area contributed by atoms with Crippen LogP contribution < -0.4 is 5.01 Å². The average molecular weight is 466 g/mol. The van der Waals surface area contributed by atoms with E-state index in [2.05, 4.69) is 21.0 Å². The molecule has 0 radical (unpaired) electrons. The van der Waals surface area contributed by atoms with Crippen LogP contribution in [0.1, 0.15) is 37.3 Å². The number of benzene rings is 2. The number of aliphatic carboxylic acids is 1. The Morgan fingerprint density at radius 2 is 1.90 bits per heavy atom. The summed E-state index contributed by atoms with van der Waals surface area (Å²) < 4.78 is 0.894. The van der Waals surface area contributed by atoms with Crippen LogP contribution in [-0.4, -0.2) is 22.7 Å². The van der Waals surface area contributed by atoms with Crippen molar-refractivity contribution in [2.75, 3.05) is 5.01 Å². The van der Waals surface area contributed by atoms with E-state index in [1.807, 2.05) is 25.1 Å². The largest absolute Gasteiger partial charge is 0.478 e. The number of halogens is 1. The second kappa shape index (κ2) is 9.51. The Kier molecular flexibility index (Phi) is 6.80. The second-order valence-electron chi connectivity index (χ2n) is 6.93. The Hall–Kier alpha value is -3.24. The zero-order valence-corrected chi connectivity index (χ0v) is 18.0. The summed E-state index contributed by atoms with van der Waals surface area (Å²) in [6, 6.07) is 15.9. The van der Waals surface area contributed by atoms with Crippen LogP contribution in [0.15, 0.2) is 63.7 Å². The summed E-state index contributed by atoms with van der Waals surface area (Å²) in [6.07, 6.45) is 3.02. The highest BCUT2D eigenvalue weighted by molar-refractivity contribution is 9.10. The first kappa shape index (κ1) is 21.5. The quantitative estimate of drug-likeness (QED) is 0.582. The van der Waals surface area contributed by atoms with Crippen LogP contribution in [0.4, 0.5) is 5.69 Å². The fourth-order valence-electron chi connectivity index (χ4n) is 3.27. The first-order valence-corrected chi connectivity index (χ1v) is 10.3. The molecule has 7 heteroatoms. The molecule has 1 N–H and O–H groups in total. The van der Waals surface area contributed by atoms with Crippen LogP contribution in [0.3, 0.4) is 0 Å². The monoisotopic (exact) mass is 465 g/mol. The topological polar surface area (TPSA) is 93.8 Å². The van der Waals surface area contributed by atoms with Crippen LogP contribution in [-0.2, 0) is 9.59 Å². The molecule has 1 heterocycles. The van der Waals surface area contributed by atoms with Crippen molar-refractivity contribution in [3.8, 4) is 6.07 Å². The Balaban J connectivity index is 1.89. The fraction of sp³-hybridized carbons (Fsp3) is 0.217. The number of carbonyl (C=O) groups excluding carboxylic acids is 1. The van der Waals surface area contributed by atoms with Crippen LogP contribution in [0.2, 0.25) is 0 Å². The van der Waals surface area contributed by atoms with Gasteiger partial charge in [-0.25, -0.2) is 9.80 Å². The summed E-state index contributed by atoms with van der Waals surface area (Å²) >= 11 is 3.38. The van der Waals surface area contributed by atoms with E-state index in [1.165, 1.54) is 5.01 Å². The van der Waals surface area contributed by atoms with Gasteiger partial charge in [0, 0.05) is 10.0 Å². The van der Waals surface area contributed by atoms with E-state index in [0.29, 0.717) is 28.9 Å². The molecule has 6 nitrogen and oxygen atoms in total. The number of anilines is 1. The van der Waals surface area contributed by atoms with E-state index in [1.54, 1.807) is 42.5 Å². The second-order valence-corrected chi connectivity index (χ2v) is 7.85. The van der Waals surface area contributed by atoms with Crippen molar-refractivity contribution < 1.29 is 14.7 Å². The maximum atomic E-state index is 13.1. The van der Waals surface area contributed by atoms with Crippen molar-refractivity contribution in [2.24, 2.45) is 11.0 Å². The molecule has 1 amide bonds. The number of amides is 1. The van der Waals surface area contributed by atoms with Gasteiger partial charge in [-0.3, -0.25) is 4.79 Å². The predicted octanol–water partition coefficient (Wildman–Crippen LogP) is 5.00. The van der Waals surface area contributed by atoms with Gasteiger partial charge < -0.3 is 5.11 Å². The van der Waals surface area contributed by atoms with E-state index in [4.69, 9.17) is 5.26 Å². The first-order chi connectivity index (χ1) is 14.4. The molecule has 3 rings (SSSR count). The van der Waals surface area contributed by atoms with Crippen LogP contribution in [0, 0.1) is 17.2 Å². The number of nitriles is 1. The molecule has 1 unspecified atom stereocenters. The van der Waals surface area contributed by atoms with Crippen molar-refractivity contribution in [1.29, 1.82) is 5.26 Å². The standard InChI is InChI=1S/C23H20BrN3O3/c1-2-3-21-20(22(28)27(26-21)19-10-8-18(24)9-11-19)13-17(23(29)30)12-15-4-6-16(14-25)7-5-15/h4-12,20H,2-3,13H2,1H3,(H,29,30). The molecule has 0 bridgehead atoms. The number of carbonyl (C=O) groups is 2. The third-order valence-corrected chi connectivity index (χ3v) is 5.32. The van der Waals surface area contributed by atoms with Crippen molar-refractivity contribution in [3.63, 3.8) is 0 Å². The highest BCUT2D eigenvalue weighted by Crippen LogP contribution is 2.30. The lowest BCUT2D eigenvalue weighted by Crippen LogP contribution is -2.28. The van der Waals surface area contributed by atoms with Crippen molar-refractivity contribution in [1.82, 2.24) is 0 Å². The molecule has 30 heavy (non-hydrogen) atoms. The summed E-state index contributed by atoms with van der Waals surface area (Å²) in [6.45, 7) is 2.00. The van der Waals surface area contributed by atoms with Gasteiger partial charge in [-0.2, -0.15) is 10.4 Å². The Morgan fingerprint density at radius 1 is 1.23 bits per heavy atom. The molecule has 1 aliphatic rings. The number of hydrazone groups is 1. The summed E-state index contributed by atoms with van der Waals surface area (Å²) in [4.78, 5) is 25.0. The average Bonchev–Trinajstić information content (AvgIpc) is 3.04. The SMILES string of the molecule is CCCC1=NN(c2ccc(Br)cc2)C(=O)C1CC(=Cc1ccc(C#N)cc1)C(=O)O. The minimum Gasteiger partial charge on any atom is -0.478 e. The molecule has 152 valence electrons.